The van der Waals surface area contributed by atoms with Crippen LogP contribution in [0.15, 0.2) is 30.5 Å². The molecule has 1 aromatic carbocycles. The molecule has 0 atom stereocenters. The van der Waals surface area contributed by atoms with E-state index in [9.17, 15) is 19.5 Å². The van der Waals surface area contributed by atoms with Crippen molar-refractivity contribution in [2.75, 3.05) is 14.1 Å². The SMILES string of the molecule is CN(C)C(=O)n1cc(/C(O)=C\C(=O)C(=O)O)c2cc(Cl)ccc21. The minimum Gasteiger partial charge on any atom is -0.507 e. The van der Waals surface area contributed by atoms with Gasteiger partial charge in [0.1, 0.15) is 5.76 Å². The van der Waals surface area contributed by atoms with Gasteiger partial charge in [-0.2, -0.15) is 0 Å². The quantitative estimate of drug-likeness (QED) is 0.509. The number of hydrogen-bond donors (Lipinski definition) is 2. The normalized spacial score (nSPS) is 11.5. The number of carboxylic acid groups (broad SMARTS) is 1. The summed E-state index contributed by atoms with van der Waals surface area (Å²) < 4.78 is 1.27. The summed E-state index contributed by atoms with van der Waals surface area (Å²) >= 11 is 5.94. The molecule has 1 heterocycles. The molecule has 1 amide bonds. The van der Waals surface area contributed by atoms with E-state index < -0.39 is 17.5 Å². The van der Waals surface area contributed by atoms with Crippen LogP contribution in [0.2, 0.25) is 5.02 Å². The Morgan fingerprint density at radius 1 is 1.22 bits per heavy atom. The van der Waals surface area contributed by atoms with Gasteiger partial charge in [0.15, 0.2) is 0 Å². The maximum absolute atomic E-state index is 12.2. The Morgan fingerprint density at radius 3 is 2.43 bits per heavy atom. The molecule has 120 valence electrons. The minimum absolute atomic E-state index is 0.132. The van der Waals surface area contributed by atoms with Crippen LogP contribution < -0.4 is 0 Å². The molecule has 0 spiro atoms. The van der Waals surface area contributed by atoms with Crippen molar-refractivity contribution >= 4 is 46.0 Å². The average Bonchev–Trinajstić information content (AvgIpc) is 2.84. The predicted molar refractivity (Wildman–Crippen MR) is 84.7 cm³/mol. The van der Waals surface area contributed by atoms with Crippen LogP contribution in [0.3, 0.4) is 0 Å². The number of rotatable bonds is 3. The Labute approximate surface area is 136 Å². The number of carbonyl (C=O) groups is 3. The van der Waals surface area contributed by atoms with E-state index in [2.05, 4.69) is 0 Å². The fourth-order valence-electron chi connectivity index (χ4n) is 2.04. The molecule has 8 heteroatoms. The van der Waals surface area contributed by atoms with Crippen molar-refractivity contribution in [1.82, 2.24) is 9.47 Å². The third-order valence-corrected chi connectivity index (χ3v) is 3.34. The highest BCUT2D eigenvalue weighted by atomic mass is 35.5. The van der Waals surface area contributed by atoms with Crippen LogP contribution in [0.25, 0.3) is 16.7 Å². The van der Waals surface area contributed by atoms with Crippen molar-refractivity contribution in [2.24, 2.45) is 0 Å². The number of halogens is 1. The highest BCUT2D eigenvalue weighted by Crippen LogP contribution is 2.29. The summed E-state index contributed by atoms with van der Waals surface area (Å²) in [5.74, 6) is -3.53. The number of carbonyl (C=O) groups excluding carboxylic acids is 2. The van der Waals surface area contributed by atoms with E-state index in [0.717, 1.165) is 0 Å². The summed E-state index contributed by atoms with van der Waals surface area (Å²) in [6, 6.07) is 4.31. The van der Waals surface area contributed by atoms with Gasteiger partial charge in [-0.25, -0.2) is 9.59 Å². The first-order chi connectivity index (χ1) is 10.7. The van der Waals surface area contributed by atoms with Crippen LogP contribution >= 0.6 is 11.6 Å². The highest BCUT2D eigenvalue weighted by molar-refractivity contribution is 6.38. The Balaban J connectivity index is 2.69. The zero-order valence-electron chi connectivity index (χ0n) is 12.3. The first-order valence-electron chi connectivity index (χ1n) is 6.43. The largest absolute Gasteiger partial charge is 0.507 e. The van der Waals surface area contributed by atoms with Gasteiger partial charge in [-0.3, -0.25) is 9.36 Å². The third-order valence-electron chi connectivity index (χ3n) is 3.11. The number of ketones is 1. The number of nitrogens with zero attached hydrogens (tertiary/aromatic N) is 2. The molecular formula is C15H13ClN2O5. The van der Waals surface area contributed by atoms with Gasteiger partial charge >= 0.3 is 12.0 Å². The number of aliphatic hydroxyl groups is 1. The van der Waals surface area contributed by atoms with Gasteiger partial charge in [0, 0.05) is 42.3 Å². The van der Waals surface area contributed by atoms with Gasteiger partial charge in [-0.1, -0.05) is 11.6 Å². The van der Waals surface area contributed by atoms with Gasteiger partial charge < -0.3 is 15.1 Å². The number of aliphatic hydroxyl groups excluding tert-OH is 1. The molecule has 7 nitrogen and oxygen atoms in total. The Kier molecular flexibility index (Phi) is 4.42. The number of fused-ring (bicyclic) bond motifs is 1. The lowest BCUT2D eigenvalue weighted by Gasteiger charge is -2.11. The molecule has 2 N–H and O–H groups in total. The number of hydrogen-bond acceptors (Lipinski definition) is 4. The number of aliphatic carboxylic acids is 1. The maximum atomic E-state index is 12.2. The predicted octanol–water partition coefficient (Wildman–Crippen LogP) is 2.38. The van der Waals surface area contributed by atoms with Gasteiger partial charge in [-0.05, 0) is 18.2 Å². The standard InChI is InChI=1S/C15H13ClN2O5/c1-17(2)15(23)18-7-10(12(19)6-13(20)14(21)22)9-5-8(16)3-4-11(9)18/h3-7,19H,1-2H3,(H,21,22)/b12-6+. The molecule has 0 saturated heterocycles. The number of carboxylic acids is 1. The molecule has 2 aromatic rings. The lowest BCUT2D eigenvalue weighted by Crippen LogP contribution is -2.26. The van der Waals surface area contributed by atoms with E-state index >= 15 is 0 Å². The highest BCUT2D eigenvalue weighted by Gasteiger charge is 2.19. The van der Waals surface area contributed by atoms with Gasteiger partial charge in [-0.15, -0.1) is 0 Å². The lowest BCUT2D eigenvalue weighted by atomic mass is 10.1. The third kappa shape index (κ3) is 3.19. The second-order valence-corrected chi connectivity index (χ2v) is 5.39. The monoisotopic (exact) mass is 336 g/mol. The molecular weight excluding hydrogens is 324 g/mol. The summed E-state index contributed by atoms with van der Waals surface area (Å²) in [4.78, 5) is 35.4. The second-order valence-electron chi connectivity index (χ2n) is 4.95. The molecule has 0 aliphatic rings. The fraction of sp³-hybridized carbons (Fsp3) is 0.133. The van der Waals surface area contributed by atoms with Crippen molar-refractivity contribution in [3.05, 3.63) is 41.1 Å². The number of amides is 1. The van der Waals surface area contributed by atoms with Gasteiger partial charge in [0.05, 0.1) is 5.52 Å². The molecule has 23 heavy (non-hydrogen) atoms. The van der Waals surface area contributed by atoms with Crippen LogP contribution in [0, 0.1) is 0 Å². The minimum atomic E-state index is -1.69. The van der Waals surface area contributed by atoms with Crippen LogP contribution in [-0.2, 0) is 9.59 Å². The van der Waals surface area contributed by atoms with Crippen LogP contribution in [0.4, 0.5) is 4.79 Å². The number of aromatic nitrogens is 1. The summed E-state index contributed by atoms with van der Waals surface area (Å²) in [6.07, 6.45) is 1.91. The summed E-state index contributed by atoms with van der Waals surface area (Å²) in [7, 11) is 3.13. The number of benzene rings is 1. The molecule has 2 rings (SSSR count). The van der Waals surface area contributed by atoms with E-state index in [4.69, 9.17) is 16.7 Å². The van der Waals surface area contributed by atoms with Crippen LogP contribution in [-0.4, -0.2) is 51.6 Å². The topological polar surface area (TPSA) is 99.8 Å². The van der Waals surface area contributed by atoms with E-state index in [1.54, 1.807) is 26.2 Å². The van der Waals surface area contributed by atoms with E-state index in [-0.39, 0.29) is 11.6 Å². The zero-order valence-corrected chi connectivity index (χ0v) is 13.0. The zero-order chi connectivity index (χ0) is 17.3. The molecule has 0 saturated carbocycles. The molecule has 0 bridgehead atoms. The second kappa shape index (κ2) is 6.13. The van der Waals surface area contributed by atoms with E-state index in [1.165, 1.54) is 21.7 Å². The molecule has 0 fully saturated rings. The van der Waals surface area contributed by atoms with Crippen LogP contribution in [0.5, 0.6) is 0 Å². The van der Waals surface area contributed by atoms with E-state index in [0.29, 0.717) is 22.0 Å². The Bertz CT molecular complexity index is 851. The summed E-state index contributed by atoms with van der Waals surface area (Å²) in [6.45, 7) is 0. The van der Waals surface area contributed by atoms with E-state index in [1.807, 2.05) is 0 Å². The molecule has 1 aromatic heterocycles. The lowest BCUT2D eigenvalue weighted by molar-refractivity contribution is -0.146. The van der Waals surface area contributed by atoms with Crippen molar-refractivity contribution in [3.63, 3.8) is 0 Å². The molecule has 0 radical (unpaired) electrons. The fourth-order valence-corrected chi connectivity index (χ4v) is 2.22. The average molecular weight is 337 g/mol. The van der Waals surface area contributed by atoms with Crippen molar-refractivity contribution in [1.29, 1.82) is 0 Å². The van der Waals surface area contributed by atoms with Gasteiger partial charge in [0.2, 0.25) is 0 Å². The Hall–Kier alpha value is -2.80. The summed E-state index contributed by atoms with van der Waals surface area (Å²) in [5, 5.41) is 19.5. The first kappa shape index (κ1) is 16.6. The van der Waals surface area contributed by atoms with Crippen LogP contribution in [0.1, 0.15) is 5.56 Å². The van der Waals surface area contributed by atoms with Crippen molar-refractivity contribution < 1.29 is 24.6 Å². The van der Waals surface area contributed by atoms with Crippen molar-refractivity contribution in [2.45, 2.75) is 0 Å². The Morgan fingerprint density at radius 2 is 1.87 bits per heavy atom. The van der Waals surface area contributed by atoms with Crippen molar-refractivity contribution in [3.8, 4) is 0 Å². The van der Waals surface area contributed by atoms with Gasteiger partial charge in [0.25, 0.3) is 5.78 Å². The molecule has 0 aliphatic carbocycles. The first-order valence-corrected chi connectivity index (χ1v) is 6.80. The molecule has 0 aliphatic heterocycles. The summed E-state index contributed by atoms with van der Waals surface area (Å²) in [5.41, 5.74) is 0.595. The molecule has 0 unspecified atom stereocenters. The maximum Gasteiger partial charge on any atom is 0.376 e. The smallest absolute Gasteiger partial charge is 0.376 e.